The van der Waals surface area contributed by atoms with E-state index in [9.17, 15) is 0 Å². The number of ether oxygens (including phenoxy) is 1. The van der Waals surface area contributed by atoms with Crippen molar-refractivity contribution in [1.82, 2.24) is 9.97 Å². The Kier molecular flexibility index (Phi) is 3.43. The molecule has 1 N–H and O–H groups in total. The highest BCUT2D eigenvalue weighted by Crippen LogP contribution is 2.27. The first kappa shape index (κ1) is 10.7. The van der Waals surface area contributed by atoms with Crippen LogP contribution in [0.1, 0.15) is 12.6 Å². The number of hydrogen-bond donors (Lipinski definition) is 1. The van der Waals surface area contributed by atoms with Crippen LogP contribution in [0.15, 0.2) is 11.1 Å². The smallest absolute Gasteiger partial charge is 0.223 e. The third-order valence-electron chi connectivity index (χ3n) is 2.06. The normalized spacial score (nSPS) is 16.1. The summed E-state index contributed by atoms with van der Waals surface area (Å²) in [5.74, 6) is 0.722. The molecule has 1 aromatic heterocycles. The lowest BCUT2D eigenvalue weighted by molar-refractivity contribution is 0.0454. The van der Waals surface area contributed by atoms with Crippen molar-refractivity contribution in [3.63, 3.8) is 0 Å². The third kappa shape index (κ3) is 2.82. The maximum absolute atomic E-state index is 5.14. The van der Waals surface area contributed by atoms with Crippen molar-refractivity contribution in [2.24, 2.45) is 0 Å². The molecule has 1 aromatic rings. The highest BCUT2D eigenvalue weighted by molar-refractivity contribution is 8.00. The van der Waals surface area contributed by atoms with Crippen LogP contribution in [0.5, 0.6) is 0 Å². The Balaban J connectivity index is 2.07. The first-order valence-electron chi connectivity index (χ1n) is 5.12. The van der Waals surface area contributed by atoms with E-state index < -0.39 is 0 Å². The molecule has 1 aliphatic heterocycles. The van der Waals surface area contributed by atoms with Crippen LogP contribution in [0, 0.1) is 6.92 Å². The van der Waals surface area contributed by atoms with Crippen molar-refractivity contribution in [2.45, 2.75) is 24.1 Å². The van der Waals surface area contributed by atoms with Gasteiger partial charge in [0.25, 0.3) is 0 Å². The Hall–Kier alpha value is -0.810. The molecule has 0 bridgehead atoms. The molecule has 15 heavy (non-hydrogen) atoms. The number of rotatable bonds is 4. The molecule has 2 heterocycles. The van der Waals surface area contributed by atoms with E-state index in [1.165, 1.54) is 0 Å². The molecule has 0 unspecified atom stereocenters. The van der Waals surface area contributed by atoms with Gasteiger partial charge in [-0.1, -0.05) is 11.8 Å². The fourth-order valence-electron chi connectivity index (χ4n) is 1.29. The van der Waals surface area contributed by atoms with Gasteiger partial charge in [-0.25, -0.2) is 9.97 Å². The number of nitrogens with one attached hydrogen (secondary N) is 1. The molecule has 1 saturated heterocycles. The number of nitrogens with zero attached hydrogens (tertiary/aromatic N) is 2. The van der Waals surface area contributed by atoms with Crippen molar-refractivity contribution < 1.29 is 4.74 Å². The maximum atomic E-state index is 5.14. The topological polar surface area (TPSA) is 47.0 Å². The van der Waals surface area contributed by atoms with Crippen LogP contribution in [0.25, 0.3) is 0 Å². The second-order valence-electron chi connectivity index (χ2n) is 3.48. The summed E-state index contributed by atoms with van der Waals surface area (Å²) >= 11 is 1.77. The van der Waals surface area contributed by atoms with Crippen LogP contribution in [0.2, 0.25) is 0 Å². The van der Waals surface area contributed by atoms with Crippen LogP contribution >= 0.6 is 11.8 Å². The predicted molar refractivity (Wildman–Crippen MR) is 61.4 cm³/mol. The summed E-state index contributed by atoms with van der Waals surface area (Å²) in [5, 5.41) is 4.73. The number of anilines is 1. The van der Waals surface area contributed by atoms with E-state index in [1.807, 2.05) is 19.9 Å². The fourth-order valence-corrected chi connectivity index (χ4v) is 2.34. The zero-order valence-electron chi connectivity index (χ0n) is 8.99. The number of aromatic nitrogens is 2. The lowest BCUT2D eigenvalue weighted by Gasteiger charge is -2.24. The number of thioether (sulfide) groups is 1. The standard InChI is InChI=1S/C10H15N3OS/c1-3-11-10-12-7(2)4-9(13-10)15-8-5-14-6-8/h4,8H,3,5-6H2,1-2H3,(H,11,12,13). The minimum Gasteiger partial charge on any atom is -0.379 e. The zero-order chi connectivity index (χ0) is 10.7. The van der Waals surface area contributed by atoms with Crippen LogP contribution in [-0.2, 0) is 4.74 Å². The molecule has 0 aromatic carbocycles. The van der Waals surface area contributed by atoms with Crippen molar-refractivity contribution in [3.05, 3.63) is 11.8 Å². The van der Waals surface area contributed by atoms with Gasteiger partial charge in [0.15, 0.2) is 0 Å². The lowest BCUT2D eigenvalue weighted by atomic mass is 10.4. The van der Waals surface area contributed by atoms with Crippen LogP contribution in [-0.4, -0.2) is 35.0 Å². The van der Waals surface area contributed by atoms with Gasteiger partial charge >= 0.3 is 0 Å². The molecule has 4 nitrogen and oxygen atoms in total. The van der Waals surface area contributed by atoms with Gasteiger partial charge in [0, 0.05) is 12.2 Å². The Morgan fingerprint density at radius 1 is 1.53 bits per heavy atom. The average Bonchev–Trinajstić information content (AvgIpc) is 2.11. The molecule has 5 heteroatoms. The van der Waals surface area contributed by atoms with E-state index in [1.54, 1.807) is 11.8 Å². The van der Waals surface area contributed by atoms with Gasteiger partial charge in [0.1, 0.15) is 5.03 Å². The Labute approximate surface area is 93.8 Å². The van der Waals surface area contributed by atoms with Gasteiger partial charge in [-0.2, -0.15) is 0 Å². The molecule has 0 spiro atoms. The third-order valence-corrected chi connectivity index (χ3v) is 3.12. The van der Waals surface area contributed by atoms with Crippen LogP contribution in [0.4, 0.5) is 5.95 Å². The summed E-state index contributed by atoms with van der Waals surface area (Å²) in [6.07, 6.45) is 0. The SMILES string of the molecule is CCNc1nc(C)cc(SC2COC2)n1. The largest absolute Gasteiger partial charge is 0.379 e. The van der Waals surface area contributed by atoms with E-state index in [0.29, 0.717) is 5.25 Å². The molecule has 0 atom stereocenters. The van der Waals surface area contributed by atoms with Gasteiger partial charge in [0.05, 0.1) is 18.5 Å². The molecule has 0 radical (unpaired) electrons. The Morgan fingerprint density at radius 3 is 2.93 bits per heavy atom. The summed E-state index contributed by atoms with van der Waals surface area (Å²) in [7, 11) is 0. The fraction of sp³-hybridized carbons (Fsp3) is 0.600. The maximum Gasteiger partial charge on any atom is 0.223 e. The van der Waals surface area contributed by atoms with Crippen molar-refractivity contribution in [3.8, 4) is 0 Å². The van der Waals surface area contributed by atoms with Crippen LogP contribution in [0.3, 0.4) is 0 Å². The van der Waals surface area contributed by atoms with Gasteiger partial charge in [0.2, 0.25) is 5.95 Å². The molecule has 1 fully saturated rings. The van der Waals surface area contributed by atoms with Crippen molar-refractivity contribution >= 4 is 17.7 Å². The van der Waals surface area contributed by atoms with Gasteiger partial charge in [-0.05, 0) is 19.9 Å². The van der Waals surface area contributed by atoms with E-state index in [4.69, 9.17) is 4.74 Å². The molecule has 0 saturated carbocycles. The highest BCUT2D eigenvalue weighted by atomic mass is 32.2. The molecular formula is C10H15N3OS. The summed E-state index contributed by atoms with van der Waals surface area (Å²) in [6, 6.07) is 2.02. The zero-order valence-corrected chi connectivity index (χ0v) is 9.80. The molecule has 1 aliphatic rings. The van der Waals surface area contributed by atoms with E-state index in [2.05, 4.69) is 15.3 Å². The van der Waals surface area contributed by atoms with Gasteiger partial charge < -0.3 is 10.1 Å². The summed E-state index contributed by atoms with van der Waals surface area (Å²) in [6.45, 7) is 6.55. The number of aryl methyl sites for hydroxylation is 1. The molecule has 0 aliphatic carbocycles. The lowest BCUT2D eigenvalue weighted by Crippen LogP contribution is -2.30. The van der Waals surface area contributed by atoms with Crippen LogP contribution < -0.4 is 5.32 Å². The second-order valence-corrected chi connectivity index (χ2v) is 4.80. The predicted octanol–water partition coefficient (Wildman–Crippen LogP) is 1.71. The summed E-state index contributed by atoms with van der Waals surface area (Å²) in [5.41, 5.74) is 1.00. The second kappa shape index (κ2) is 4.81. The number of hydrogen-bond acceptors (Lipinski definition) is 5. The summed E-state index contributed by atoms with van der Waals surface area (Å²) in [4.78, 5) is 8.74. The minimum absolute atomic E-state index is 0.564. The monoisotopic (exact) mass is 225 g/mol. The molecule has 2 rings (SSSR count). The Bertz CT molecular complexity index is 341. The Morgan fingerprint density at radius 2 is 2.33 bits per heavy atom. The van der Waals surface area contributed by atoms with E-state index >= 15 is 0 Å². The molecular weight excluding hydrogens is 210 g/mol. The minimum atomic E-state index is 0.564. The van der Waals surface area contributed by atoms with Gasteiger partial charge in [-0.15, -0.1) is 0 Å². The van der Waals surface area contributed by atoms with E-state index in [-0.39, 0.29) is 0 Å². The summed E-state index contributed by atoms with van der Waals surface area (Å²) < 4.78 is 5.14. The quantitative estimate of drug-likeness (QED) is 0.790. The van der Waals surface area contributed by atoms with Gasteiger partial charge in [-0.3, -0.25) is 0 Å². The van der Waals surface area contributed by atoms with E-state index in [0.717, 1.165) is 36.4 Å². The highest BCUT2D eigenvalue weighted by Gasteiger charge is 2.20. The first-order chi connectivity index (χ1) is 7.28. The average molecular weight is 225 g/mol. The first-order valence-corrected chi connectivity index (χ1v) is 6.00. The van der Waals surface area contributed by atoms with Crippen molar-refractivity contribution in [2.75, 3.05) is 25.1 Å². The molecule has 82 valence electrons. The van der Waals surface area contributed by atoms with Crippen molar-refractivity contribution in [1.29, 1.82) is 0 Å². The molecule has 0 amide bonds.